The van der Waals surface area contributed by atoms with Gasteiger partial charge in [0.05, 0.1) is 0 Å². The zero-order chi connectivity index (χ0) is 12.2. The maximum atomic E-state index is 11.9. The first-order valence-corrected chi connectivity index (χ1v) is 5.64. The Bertz CT molecular complexity index is 244. The molecular formula is C11H18F3NO. The zero-order valence-electron chi connectivity index (χ0n) is 9.49. The Hall–Kier alpha value is -0.580. The van der Waals surface area contributed by atoms with E-state index in [1.165, 1.54) is 0 Å². The number of Topliss-reactive ketones (excluding diaryl/α,β-unsaturated/α-hetero) is 1. The number of rotatable bonds is 4. The molecule has 1 saturated heterocycles. The Morgan fingerprint density at radius 1 is 1.44 bits per heavy atom. The molecule has 0 radical (unpaired) electrons. The first kappa shape index (κ1) is 13.5. The van der Waals surface area contributed by atoms with Crippen molar-refractivity contribution in [2.75, 3.05) is 13.1 Å². The quantitative estimate of drug-likeness (QED) is 0.814. The van der Waals surface area contributed by atoms with Gasteiger partial charge in [0.25, 0.3) is 0 Å². The van der Waals surface area contributed by atoms with Crippen molar-refractivity contribution in [1.29, 1.82) is 0 Å². The normalized spacial score (nSPS) is 26.8. The maximum absolute atomic E-state index is 11.9. The summed E-state index contributed by atoms with van der Waals surface area (Å²) >= 11 is 0. The number of nitrogens with one attached hydrogen (secondary N) is 1. The topological polar surface area (TPSA) is 29.1 Å². The lowest BCUT2D eigenvalue weighted by molar-refractivity contribution is -0.139. The fourth-order valence-electron chi connectivity index (χ4n) is 2.05. The highest BCUT2D eigenvalue weighted by atomic mass is 19.4. The van der Waals surface area contributed by atoms with Gasteiger partial charge in [0.15, 0.2) is 0 Å². The lowest BCUT2D eigenvalue weighted by Gasteiger charge is -2.32. The molecule has 94 valence electrons. The van der Waals surface area contributed by atoms with Gasteiger partial charge in [-0.25, -0.2) is 0 Å². The van der Waals surface area contributed by atoms with E-state index in [1.807, 2.05) is 6.92 Å². The molecule has 0 bridgehead atoms. The van der Waals surface area contributed by atoms with Gasteiger partial charge in [0.2, 0.25) is 0 Å². The van der Waals surface area contributed by atoms with Gasteiger partial charge >= 0.3 is 6.18 Å². The monoisotopic (exact) mass is 237 g/mol. The standard InChI is InChI=1S/C11H18F3NO/c1-10(5-3-7-15-8-10)9(16)4-2-6-11(12,13)14/h15H,2-8H2,1H3. The van der Waals surface area contributed by atoms with Gasteiger partial charge < -0.3 is 5.32 Å². The first-order chi connectivity index (χ1) is 7.33. The van der Waals surface area contributed by atoms with Gasteiger partial charge in [0, 0.05) is 24.8 Å². The van der Waals surface area contributed by atoms with E-state index in [-0.39, 0.29) is 18.6 Å². The summed E-state index contributed by atoms with van der Waals surface area (Å²) in [5.74, 6) is -0.0380. The molecule has 0 amide bonds. The van der Waals surface area contributed by atoms with Crippen LogP contribution >= 0.6 is 0 Å². The van der Waals surface area contributed by atoms with Crippen LogP contribution in [0.4, 0.5) is 13.2 Å². The Kier molecular flexibility index (Phi) is 4.35. The molecule has 1 aliphatic heterocycles. The predicted molar refractivity (Wildman–Crippen MR) is 55.1 cm³/mol. The molecule has 1 heterocycles. The van der Waals surface area contributed by atoms with Crippen LogP contribution in [0.3, 0.4) is 0 Å². The van der Waals surface area contributed by atoms with Crippen LogP contribution in [-0.2, 0) is 4.79 Å². The fraction of sp³-hybridized carbons (Fsp3) is 0.909. The highest BCUT2D eigenvalue weighted by Crippen LogP contribution is 2.30. The number of carbonyl (C=O) groups excluding carboxylic acids is 1. The summed E-state index contributed by atoms with van der Waals surface area (Å²) in [6, 6.07) is 0. The van der Waals surface area contributed by atoms with E-state index in [4.69, 9.17) is 0 Å². The summed E-state index contributed by atoms with van der Waals surface area (Å²) in [7, 11) is 0. The number of hydrogen-bond donors (Lipinski definition) is 1. The zero-order valence-corrected chi connectivity index (χ0v) is 9.49. The van der Waals surface area contributed by atoms with Crippen LogP contribution in [0.25, 0.3) is 0 Å². The summed E-state index contributed by atoms with van der Waals surface area (Å²) in [5.41, 5.74) is -0.455. The van der Waals surface area contributed by atoms with E-state index in [0.29, 0.717) is 6.54 Å². The third-order valence-corrected chi connectivity index (χ3v) is 3.13. The number of carbonyl (C=O) groups is 1. The lowest BCUT2D eigenvalue weighted by Crippen LogP contribution is -2.43. The molecular weight excluding hydrogens is 219 g/mol. The number of halogens is 3. The van der Waals surface area contributed by atoms with E-state index >= 15 is 0 Å². The molecule has 1 rings (SSSR count). The largest absolute Gasteiger partial charge is 0.389 e. The van der Waals surface area contributed by atoms with Crippen LogP contribution in [0.5, 0.6) is 0 Å². The molecule has 0 aromatic rings. The Balaban J connectivity index is 2.34. The smallest absolute Gasteiger partial charge is 0.316 e. The van der Waals surface area contributed by atoms with Crippen molar-refractivity contribution >= 4 is 5.78 Å². The van der Waals surface area contributed by atoms with E-state index in [9.17, 15) is 18.0 Å². The van der Waals surface area contributed by atoms with Crippen molar-refractivity contribution in [3.05, 3.63) is 0 Å². The van der Waals surface area contributed by atoms with E-state index in [1.54, 1.807) is 0 Å². The molecule has 5 heteroatoms. The van der Waals surface area contributed by atoms with Crippen LogP contribution in [0.15, 0.2) is 0 Å². The molecule has 1 N–H and O–H groups in total. The fourth-order valence-corrected chi connectivity index (χ4v) is 2.05. The number of hydrogen-bond acceptors (Lipinski definition) is 2. The van der Waals surface area contributed by atoms with Crippen LogP contribution in [0, 0.1) is 5.41 Å². The summed E-state index contributed by atoms with van der Waals surface area (Å²) in [5, 5.41) is 3.12. The van der Waals surface area contributed by atoms with Gasteiger partial charge in [-0.15, -0.1) is 0 Å². The van der Waals surface area contributed by atoms with E-state index < -0.39 is 18.0 Å². The second-order valence-electron chi connectivity index (χ2n) is 4.73. The average Bonchev–Trinajstić information content (AvgIpc) is 2.16. The number of ketones is 1. The number of piperidine rings is 1. The van der Waals surface area contributed by atoms with Crippen molar-refractivity contribution < 1.29 is 18.0 Å². The third kappa shape index (κ3) is 4.12. The minimum atomic E-state index is -4.15. The SMILES string of the molecule is CC1(C(=O)CCCC(F)(F)F)CCCNC1. The van der Waals surface area contributed by atoms with Crippen LogP contribution in [-0.4, -0.2) is 25.0 Å². The molecule has 0 aromatic heterocycles. The summed E-state index contributed by atoms with van der Waals surface area (Å²) < 4.78 is 35.8. The second kappa shape index (κ2) is 5.17. The summed E-state index contributed by atoms with van der Waals surface area (Å²) in [4.78, 5) is 11.8. The highest BCUT2D eigenvalue weighted by Gasteiger charge is 2.34. The summed E-state index contributed by atoms with van der Waals surface area (Å²) in [6.45, 7) is 3.33. The molecule has 0 aromatic carbocycles. The molecule has 1 unspecified atom stereocenters. The molecule has 0 saturated carbocycles. The van der Waals surface area contributed by atoms with Crippen LogP contribution in [0.2, 0.25) is 0 Å². The molecule has 0 aliphatic carbocycles. The average molecular weight is 237 g/mol. The van der Waals surface area contributed by atoms with Crippen molar-refractivity contribution in [3.63, 3.8) is 0 Å². The van der Waals surface area contributed by atoms with Gasteiger partial charge in [-0.2, -0.15) is 13.2 Å². The maximum Gasteiger partial charge on any atom is 0.389 e. The van der Waals surface area contributed by atoms with Gasteiger partial charge in [-0.1, -0.05) is 6.92 Å². The minimum Gasteiger partial charge on any atom is -0.316 e. The lowest BCUT2D eigenvalue weighted by atomic mass is 9.77. The Morgan fingerprint density at radius 3 is 2.62 bits per heavy atom. The van der Waals surface area contributed by atoms with Crippen molar-refractivity contribution in [3.8, 4) is 0 Å². The van der Waals surface area contributed by atoms with E-state index in [2.05, 4.69) is 5.32 Å². The molecule has 1 fully saturated rings. The molecule has 16 heavy (non-hydrogen) atoms. The van der Waals surface area contributed by atoms with Crippen LogP contribution < -0.4 is 5.32 Å². The Morgan fingerprint density at radius 2 is 2.12 bits per heavy atom. The van der Waals surface area contributed by atoms with Gasteiger partial charge in [-0.3, -0.25) is 4.79 Å². The second-order valence-corrected chi connectivity index (χ2v) is 4.73. The number of alkyl halides is 3. The summed E-state index contributed by atoms with van der Waals surface area (Å²) in [6.07, 6.45) is -3.35. The van der Waals surface area contributed by atoms with Crippen molar-refractivity contribution in [1.82, 2.24) is 5.32 Å². The van der Waals surface area contributed by atoms with Gasteiger partial charge in [0.1, 0.15) is 5.78 Å². The van der Waals surface area contributed by atoms with Crippen molar-refractivity contribution in [2.24, 2.45) is 5.41 Å². The third-order valence-electron chi connectivity index (χ3n) is 3.13. The molecule has 2 nitrogen and oxygen atoms in total. The molecule has 0 spiro atoms. The first-order valence-electron chi connectivity index (χ1n) is 5.64. The minimum absolute atomic E-state index is 0.0380. The Labute approximate surface area is 93.6 Å². The van der Waals surface area contributed by atoms with Crippen LogP contribution in [0.1, 0.15) is 39.0 Å². The van der Waals surface area contributed by atoms with Gasteiger partial charge in [-0.05, 0) is 25.8 Å². The molecule has 1 atom stereocenters. The highest BCUT2D eigenvalue weighted by molar-refractivity contribution is 5.84. The van der Waals surface area contributed by atoms with Crippen molar-refractivity contribution in [2.45, 2.75) is 45.2 Å². The molecule has 1 aliphatic rings. The van der Waals surface area contributed by atoms with E-state index in [0.717, 1.165) is 19.4 Å². The predicted octanol–water partition coefficient (Wildman–Crippen LogP) is 2.68.